The molecule has 0 amide bonds. The number of benzene rings is 1. The molecule has 1 aromatic rings. The highest BCUT2D eigenvalue weighted by molar-refractivity contribution is 6.13. The lowest BCUT2D eigenvalue weighted by molar-refractivity contribution is -0.179. The summed E-state index contributed by atoms with van der Waals surface area (Å²) >= 11 is 0. The summed E-state index contributed by atoms with van der Waals surface area (Å²) < 4.78 is 15.1. The number of carbonyl (C=O) groups is 3. The van der Waals surface area contributed by atoms with E-state index in [0.717, 1.165) is 7.11 Å². The van der Waals surface area contributed by atoms with Gasteiger partial charge in [-0.3, -0.25) is 9.59 Å². The Hall–Kier alpha value is -2.45. The SMILES string of the molecule is COC(=O)C[C@H]1C[C@@]2(C(=O)c3c(O)cccc3[C@]2(O)C(=O)OC)[C@@H](C)O1. The minimum atomic E-state index is -2.34. The van der Waals surface area contributed by atoms with E-state index in [1.807, 2.05) is 0 Å². The van der Waals surface area contributed by atoms with E-state index in [1.165, 1.54) is 25.3 Å². The molecule has 8 heteroatoms. The van der Waals surface area contributed by atoms with Gasteiger partial charge in [0.2, 0.25) is 5.60 Å². The number of aromatic hydroxyl groups is 1. The van der Waals surface area contributed by atoms with Crippen molar-refractivity contribution in [2.24, 2.45) is 5.41 Å². The number of carbonyl (C=O) groups excluding carboxylic acids is 3. The summed E-state index contributed by atoms with van der Waals surface area (Å²) in [5.41, 5.74) is -4.20. The Kier molecular flexibility index (Phi) is 4.28. The second kappa shape index (κ2) is 6.07. The molecule has 0 aromatic heterocycles. The number of hydrogen-bond acceptors (Lipinski definition) is 8. The van der Waals surface area contributed by atoms with Crippen molar-refractivity contribution in [2.75, 3.05) is 14.2 Å². The van der Waals surface area contributed by atoms with Crippen LogP contribution in [0, 0.1) is 5.41 Å². The van der Waals surface area contributed by atoms with Gasteiger partial charge in [-0.2, -0.15) is 0 Å². The van der Waals surface area contributed by atoms with Crippen LogP contribution in [0.25, 0.3) is 0 Å². The Labute approximate surface area is 149 Å². The van der Waals surface area contributed by atoms with Crippen molar-refractivity contribution in [2.45, 2.75) is 37.6 Å². The number of fused-ring (bicyclic) bond motifs is 1. The van der Waals surface area contributed by atoms with Gasteiger partial charge in [0.1, 0.15) is 11.2 Å². The van der Waals surface area contributed by atoms with E-state index >= 15 is 0 Å². The van der Waals surface area contributed by atoms with E-state index < -0.39 is 40.9 Å². The van der Waals surface area contributed by atoms with Gasteiger partial charge in [0, 0.05) is 5.56 Å². The number of aliphatic hydroxyl groups is 1. The predicted octanol–water partition coefficient (Wildman–Crippen LogP) is 0.676. The van der Waals surface area contributed by atoms with Crippen LogP contribution in [0.15, 0.2) is 18.2 Å². The van der Waals surface area contributed by atoms with Crippen molar-refractivity contribution < 1.29 is 38.8 Å². The number of hydrogen-bond donors (Lipinski definition) is 2. The third-order valence-electron chi connectivity index (χ3n) is 5.45. The molecule has 0 bridgehead atoms. The molecular weight excluding hydrogens is 344 g/mol. The summed E-state index contributed by atoms with van der Waals surface area (Å²) in [5.74, 6) is -2.51. The zero-order valence-corrected chi connectivity index (χ0v) is 14.6. The van der Waals surface area contributed by atoms with Crippen LogP contribution in [0.4, 0.5) is 0 Å². The van der Waals surface area contributed by atoms with Gasteiger partial charge >= 0.3 is 11.9 Å². The van der Waals surface area contributed by atoms with E-state index in [0.29, 0.717) is 0 Å². The predicted molar refractivity (Wildman–Crippen MR) is 86.4 cm³/mol. The maximum Gasteiger partial charge on any atom is 0.343 e. The Balaban J connectivity index is 2.17. The number of ether oxygens (including phenoxy) is 3. The number of ketones is 1. The van der Waals surface area contributed by atoms with Crippen LogP contribution in [0.2, 0.25) is 0 Å². The highest BCUT2D eigenvalue weighted by Crippen LogP contribution is 2.60. The lowest BCUT2D eigenvalue weighted by Gasteiger charge is -2.37. The summed E-state index contributed by atoms with van der Waals surface area (Å²) in [6, 6.07) is 4.14. The summed E-state index contributed by atoms with van der Waals surface area (Å²) in [5, 5.41) is 21.6. The van der Waals surface area contributed by atoms with Crippen molar-refractivity contribution in [1.82, 2.24) is 0 Å². The molecule has 1 aromatic carbocycles. The maximum absolute atomic E-state index is 13.3. The van der Waals surface area contributed by atoms with Gasteiger partial charge < -0.3 is 24.4 Å². The molecule has 0 unspecified atom stereocenters. The van der Waals surface area contributed by atoms with E-state index in [4.69, 9.17) is 9.47 Å². The zero-order chi connectivity index (χ0) is 19.3. The molecule has 140 valence electrons. The summed E-state index contributed by atoms with van der Waals surface area (Å²) in [7, 11) is 2.33. The smallest absolute Gasteiger partial charge is 0.343 e. The average molecular weight is 364 g/mol. The number of rotatable bonds is 3. The highest BCUT2D eigenvalue weighted by Gasteiger charge is 2.73. The third-order valence-corrected chi connectivity index (χ3v) is 5.45. The first kappa shape index (κ1) is 18.3. The monoisotopic (exact) mass is 364 g/mol. The van der Waals surface area contributed by atoms with Crippen molar-refractivity contribution in [1.29, 1.82) is 0 Å². The molecule has 1 heterocycles. The molecule has 1 aliphatic carbocycles. The lowest BCUT2D eigenvalue weighted by Crippen LogP contribution is -2.55. The first-order valence-electron chi connectivity index (χ1n) is 8.14. The summed E-state index contributed by atoms with van der Waals surface area (Å²) in [6.45, 7) is 1.55. The van der Waals surface area contributed by atoms with Crippen LogP contribution in [0.5, 0.6) is 5.75 Å². The fourth-order valence-corrected chi connectivity index (χ4v) is 4.23. The van der Waals surface area contributed by atoms with E-state index in [-0.39, 0.29) is 29.7 Å². The second-order valence-electron chi connectivity index (χ2n) is 6.59. The van der Waals surface area contributed by atoms with Crippen molar-refractivity contribution in [3.05, 3.63) is 29.3 Å². The largest absolute Gasteiger partial charge is 0.507 e. The fraction of sp³-hybridized carbons (Fsp3) is 0.500. The number of Topliss-reactive ketones (excluding diaryl/α,β-unsaturated/α-hetero) is 1. The van der Waals surface area contributed by atoms with Crippen molar-refractivity contribution in [3.63, 3.8) is 0 Å². The van der Waals surface area contributed by atoms with Crippen LogP contribution in [0.1, 0.15) is 35.7 Å². The fourth-order valence-electron chi connectivity index (χ4n) is 4.23. The van der Waals surface area contributed by atoms with Crippen molar-refractivity contribution in [3.8, 4) is 5.75 Å². The number of methoxy groups -OCH3 is 2. The Morgan fingerprint density at radius 3 is 2.62 bits per heavy atom. The van der Waals surface area contributed by atoms with Crippen LogP contribution >= 0.6 is 0 Å². The molecule has 1 spiro atoms. The topological polar surface area (TPSA) is 119 Å². The van der Waals surface area contributed by atoms with E-state index in [1.54, 1.807) is 6.92 Å². The quantitative estimate of drug-likeness (QED) is 0.752. The van der Waals surface area contributed by atoms with Gasteiger partial charge in [0.25, 0.3) is 0 Å². The average Bonchev–Trinajstić information content (AvgIpc) is 3.05. The standard InChI is InChI=1S/C18H20O8/c1-9-17(8-10(26-9)7-13(20)24-2)15(21)14-11(5-4-6-12(14)19)18(17,23)16(22)25-3/h4-6,9-10,19,23H,7-8H2,1-3H3/t9-,10+,17+,18+/m1/s1. The molecule has 0 radical (unpaired) electrons. The highest BCUT2D eigenvalue weighted by atomic mass is 16.5. The van der Waals surface area contributed by atoms with Crippen LogP contribution in [0.3, 0.4) is 0 Å². The Morgan fingerprint density at radius 2 is 2.00 bits per heavy atom. The Morgan fingerprint density at radius 1 is 1.31 bits per heavy atom. The molecule has 26 heavy (non-hydrogen) atoms. The van der Waals surface area contributed by atoms with Crippen LogP contribution < -0.4 is 0 Å². The van der Waals surface area contributed by atoms with Crippen LogP contribution in [-0.2, 0) is 29.4 Å². The summed E-state index contributed by atoms with van der Waals surface area (Å²) in [4.78, 5) is 37.5. The normalized spacial score (nSPS) is 32.5. The number of phenols is 1. The second-order valence-corrected chi connectivity index (χ2v) is 6.59. The summed E-state index contributed by atoms with van der Waals surface area (Å²) in [6.07, 6.45) is -1.85. The van der Waals surface area contributed by atoms with Gasteiger partial charge in [0.15, 0.2) is 5.78 Å². The maximum atomic E-state index is 13.3. The molecule has 0 saturated carbocycles. The first-order valence-corrected chi connectivity index (χ1v) is 8.14. The molecule has 2 N–H and O–H groups in total. The van der Waals surface area contributed by atoms with Crippen molar-refractivity contribution >= 4 is 17.7 Å². The lowest BCUT2D eigenvalue weighted by atomic mass is 9.66. The molecule has 8 nitrogen and oxygen atoms in total. The molecule has 1 aliphatic heterocycles. The molecule has 4 atom stereocenters. The molecule has 3 rings (SSSR count). The van der Waals surface area contributed by atoms with Gasteiger partial charge in [-0.05, 0) is 19.4 Å². The van der Waals surface area contributed by atoms with Gasteiger partial charge in [-0.25, -0.2) is 4.79 Å². The molecule has 1 saturated heterocycles. The van der Waals surface area contributed by atoms with E-state index in [9.17, 15) is 24.6 Å². The van der Waals surface area contributed by atoms with Gasteiger partial charge in [-0.1, -0.05) is 12.1 Å². The minimum absolute atomic E-state index is 0.0245. The first-order chi connectivity index (χ1) is 12.2. The number of phenolic OH excluding ortho intramolecular Hbond substituents is 1. The van der Waals surface area contributed by atoms with Gasteiger partial charge in [0.05, 0.1) is 38.4 Å². The molecule has 2 aliphatic rings. The Bertz CT molecular complexity index is 787. The van der Waals surface area contributed by atoms with Crippen LogP contribution in [-0.4, -0.2) is 54.4 Å². The molecule has 1 fully saturated rings. The molecular formula is C18H20O8. The third kappa shape index (κ3) is 2.12. The number of esters is 2. The van der Waals surface area contributed by atoms with Gasteiger partial charge in [-0.15, -0.1) is 0 Å². The zero-order valence-electron chi connectivity index (χ0n) is 14.6. The minimum Gasteiger partial charge on any atom is -0.507 e. The van der Waals surface area contributed by atoms with E-state index in [2.05, 4.69) is 4.74 Å².